The average molecular weight is 270 g/mol. The molecular weight excluding hydrogens is 248 g/mol. The second-order valence-corrected chi connectivity index (χ2v) is 6.62. The third-order valence-corrected chi connectivity index (χ3v) is 5.10. The molecule has 0 aromatic carbocycles. The molecule has 2 aliphatic rings. The molecule has 4 rings (SSSR count). The van der Waals surface area contributed by atoms with Crippen molar-refractivity contribution in [1.29, 1.82) is 0 Å². The molecule has 2 aromatic rings. The van der Waals surface area contributed by atoms with Crippen LogP contribution in [0.15, 0.2) is 18.3 Å². The number of imidazole rings is 1. The zero-order valence-corrected chi connectivity index (χ0v) is 12.3. The smallest absolute Gasteiger partial charge is 0.160 e. The van der Waals surface area contributed by atoms with Gasteiger partial charge in [0.05, 0.1) is 0 Å². The zero-order valence-electron chi connectivity index (χ0n) is 12.3. The molecule has 4 heteroatoms. The molecule has 0 bridgehead atoms. The van der Waals surface area contributed by atoms with Crippen LogP contribution in [0.1, 0.15) is 45.0 Å². The highest BCUT2D eigenvalue weighted by Crippen LogP contribution is 2.44. The molecule has 106 valence electrons. The number of fused-ring (bicyclic) bond motifs is 1. The topological polar surface area (TPSA) is 42.7 Å². The quantitative estimate of drug-likeness (QED) is 0.932. The molecule has 0 amide bonds. The molecule has 1 saturated carbocycles. The van der Waals surface area contributed by atoms with Crippen LogP contribution in [0.4, 0.5) is 0 Å². The predicted octanol–water partition coefficient (Wildman–Crippen LogP) is 2.65. The Morgan fingerprint density at radius 3 is 2.90 bits per heavy atom. The van der Waals surface area contributed by atoms with Crippen LogP contribution in [0.2, 0.25) is 0 Å². The molecule has 1 aliphatic heterocycles. The summed E-state index contributed by atoms with van der Waals surface area (Å²) in [7, 11) is 0. The van der Waals surface area contributed by atoms with Crippen LogP contribution < -0.4 is 5.32 Å². The van der Waals surface area contributed by atoms with E-state index in [0.717, 1.165) is 24.3 Å². The SMILES string of the molecule is CC(C)C1(c2nc3cccnc3n2C2CC2)CCNC1. The van der Waals surface area contributed by atoms with E-state index in [0.29, 0.717) is 12.0 Å². The van der Waals surface area contributed by atoms with Gasteiger partial charge >= 0.3 is 0 Å². The first-order valence-corrected chi connectivity index (χ1v) is 7.76. The Balaban J connectivity index is 1.96. The van der Waals surface area contributed by atoms with E-state index >= 15 is 0 Å². The Kier molecular flexibility index (Phi) is 2.64. The van der Waals surface area contributed by atoms with Crippen LogP contribution in [0.3, 0.4) is 0 Å². The minimum absolute atomic E-state index is 0.170. The van der Waals surface area contributed by atoms with Gasteiger partial charge in [0, 0.05) is 24.2 Å². The maximum atomic E-state index is 5.01. The lowest BCUT2D eigenvalue weighted by atomic mass is 9.75. The van der Waals surface area contributed by atoms with Crippen molar-refractivity contribution < 1.29 is 0 Å². The zero-order chi connectivity index (χ0) is 13.7. The van der Waals surface area contributed by atoms with E-state index in [-0.39, 0.29) is 5.41 Å². The molecule has 1 atom stereocenters. The van der Waals surface area contributed by atoms with Gasteiger partial charge in [0.2, 0.25) is 0 Å². The van der Waals surface area contributed by atoms with Crippen molar-refractivity contribution in [2.75, 3.05) is 13.1 Å². The van der Waals surface area contributed by atoms with Crippen LogP contribution in [-0.4, -0.2) is 27.6 Å². The van der Waals surface area contributed by atoms with Gasteiger partial charge in [-0.3, -0.25) is 0 Å². The van der Waals surface area contributed by atoms with E-state index in [1.807, 2.05) is 12.3 Å². The normalized spacial score (nSPS) is 26.8. The molecule has 1 N–H and O–H groups in total. The summed E-state index contributed by atoms with van der Waals surface area (Å²) in [6.07, 6.45) is 5.62. The second-order valence-electron chi connectivity index (χ2n) is 6.62. The summed E-state index contributed by atoms with van der Waals surface area (Å²) in [6.45, 7) is 6.80. The minimum atomic E-state index is 0.170. The molecule has 1 aliphatic carbocycles. The summed E-state index contributed by atoms with van der Waals surface area (Å²) in [5.74, 6) is 1.86. The molecule has 0 radical (unpaired) electrons. The molecule has 0 spiro atoms. The lowest BCUT2D eigenvalue weighted by molar-refractivity contribution is 0.307. The fraction of sp³-hybridized carbons (Fsp3) is 0.625. The van der Waals surface area contributed by atoms with Gasteiger partial charge in [-0.1, -0.05) is 13.8 Å². The van der Waals surface area contributed by atoms with Gasteiger partial charge in [-0.15, -0.1) is 0 Å². The van der Waals surface area contributed by atoms with Crippen molar-refractivity contribution in [3.8, 4) is 0 Å². The Hall–Kier alpha value is -1.42. The van der Waals surface area contributed by atoms with Gasteiger partial charge in [0.1, 0.15) is 11.3 Å². The van der Waals surface area contributed by atoms with Crippen LogP contribution in [0, 0.1) is 5.92 Å². The van der Waals surface area contributed by atoms with Crippen LogP contribution >= 0.6 is 0 Å². The highest BCUT2D eigenvalue weighted by Gasteiger charge is 2.45. The van der Waals surface area contributed by atoms with E-state index in [9.17, 15) is 0 Å². The van der Waals surface area contributed by atoms with Crippen molar-refractivity contribution >= 4 is 11.2 Å². The van der Waals surface area contributed by atoms with E-state index < -0.39 is 0 Å². The van der Waals surface area contributed by atoms with E-state index in [4.69, 9.17) is 4.98 Å². The van der Waals surface area contributed by atoms with Gasteiger partial charge in [0.15, 0.2) is 5.65 Å². The summed E-state index contributed by atoms with van der Waals surface area (Å²) < 4.78 is 2.45. The summed E-state index contributed by atoms with van der Waals surface area (Å²) >= 11 is 0. The van der Waals surface area contributed by atoms with Crippen molar-refractivity contribution in [2.24, 2.45) is 5.92 Å². The Bertz CT molecular complexity index is 633. The molecule has 2 fully saturated rings. The van der Waals surface area contributed by atoms with Crippen LogP contribution in [0.5, 0.6) is 0 Å². The van der Waals surface area contributed by atoms with E-state index in [1.165, 1.54) is 25.1 Å². The van der Waals surface area contributed by atoms with Crippen LogP contribution in [-0.2, 0) is 5.41 Å². The monoisotopic (exact) mass is 270 g/mol. The summed E-state index contributed by atoms with van der Waals surface area (Å²) in [4.78, 5) is 9.61. The summed E-state index contributed by atoms with van der Waals surface area (Å²) in [5, 5.41) is 3.55. The van der Waals surface area contributed by atoms with Crippen molar-refractivity contribution in [3.05, 3.63) is 24.2 Å². The Morgan fingerprint density at radius 2 is 2.25 bits per heavy atom. The highest BCUT2D eigenvalue weighted by atomic mass is 15.2. The molecular formula is C16H22N4. The van der Waals surface area contributed by atoms with Crippen LogP contribution in [0.25, 0.3) is 11.2 Å². The average Bonchev–Trinajstić information content (AvgIpc) is 3.04. The first kappa shape index (κ1) is 12.3. The molecule has 3 heterocycles. The molecule has 1 unspecified atom stereocenters. The predicted molar refractivity (Wildman–Crippen MR) is 79.8 cm³/mol. The largest absolute Gasteiger partial charge is 0.316 e. The van der Waals surface area contributed by atoms with Crippen molar-refractivity contribution in [3.63, 3.8) is 0 Å². The van der Waals surface area contributed by atoms with Gasteiger partial charge in [-0.05, 0) is 43.9 Å². The fourth-order valence-corrected chi connectivity index (χ4v) is 3.61. The third-order valence-electron chi connectivity index (χ3n) is 5.10. The maximum Gasteiger partial charge on any atom is 0.160 e. The van der Waals surface area contributed by atoms with Gasteiger partial charge in [-0.25, -0.2) is 9.97 Å². The molecule has 20 heavy (non-hydrogen) atoms. The molecule has 1 saturated heterocycles. The second kappa shape index (κ2) is 4.29. The third kappa shape index (κ3) is 1.64. The number of hydrogen-bond donors (Lipinski definition) is 1. The number of hydrogen-bond acceptors (Lipinski definition) is 3. The van der Waals surface area contributed by atoms with Gasteiger partial charge < -0.3 is 9.88 Å². The maximum absolute atomic E-state index is 5.01. The standard InChI is InChI=1S/C16H22N4/c1-11(2)16(7-9-17-10-16)15-19-13-4-3-8-18-14(13)20(15)12-5-6-12/h3-4,8,11-12,17H,5-7,9-10H2,1-2H3. The highest BCUT2D eigenvalue weighted by molar-refractivity contribution is 5.72. The number of pyridine rings is 1. The minimum Gasteiger partial charge on any atom is -0.316 e. The number of nitrogens with one attached hydrogen (secondary N) is 1. The van der Waals surface area contributed by atoms with Gasteiger partial charge in [-0.2, -0.15) is 0 Å². The number of nitrogens with zero attached hydrogens (tertiary/aromatic N) is 3. The Morgan fingerprint density at radius 1 is 1.40 bits per heavy atom. The molecule has 2 aromatic heterocycles. The van der Waals surface area contributed by atoms with Gasteiger partial charge in [0.25, 0.3) is 0 Å². The Labute approximate surface area is 119 Å². The summed E-state index contributed by atoms with van der Waals surface area (Å²) in [6, 6.07) is 4.72. The summed E-state index contributed by atoms with van der Waals surface area (Å²) in [5.41, 5.74) is 2.31. The number of rotatable bonds is 3. The molecule has 4 nitrogen and oxygen atoms in total. The fourth-order valence-electron chi connectivity index (χ4n) is 3.61. The van der Waals surface area contributed by atoms with Crippen molar-refractivity contribution in [2.45, 2.75) is 44.6 Å². The first-order valence-electron chi connectivity index (χ1n) is 7.76. The first-order chi connectivity index (χ1) is 9.72. The van der Waals surface area contributed by atoms with E-state index in [1.54, 1.807) is 0 Å². The lowest BCUT2D eigenvalue weighted by Crippen LogP contribution is -2.37. The number of aromatic nitrogens is 3. The lowest BCUT2D eigenvalue weighted by Gasteiger charge is -2.32. The van der Waals surface area contributed by atoms with E-state index in [2.05, 4.69) is 34.8 Å². The van der Waals surface area contributed by atoms with Crippen molar-refractivity contribution in [1.82, 2.24) is 19.9 Å².